The molecule has 4 aliphatic carbocycles. The van der Waals surface area contributed by atoms with Crippen LogP contribution in [0, 0.1) is 16.7 Å². The summed E-state index contributed by atoms with van der Waals surface area (Å²) in [6.07, 6.45) is 4.31. The van der Waals surface area contributed by atoms with Gasteiger partial charge in [0.15, 0.2) is 23.2 Å². The Morgan fingerprint density at radius 2 is 1.84 bits per heavy atom. The van der Waals surface area contributed by atoms with Crippen molar-refractivity contribution in [2.24, 2.45) is 16.7 Å². The highest BCUT2D eigenvalue weighted by Crippen LogP contribution is 2.67. The summed E-state index contributed by atoms with van der Waals surface area (Å²) in [5, 5.41) is 25.1. The number of ether oxygens (including phenoxy) is 1. The van der Waals surface area contributed by atoms with E-state index in [1.807, 2.05) is 0 Å². The number of aliphatic hydroxyl groups excluding tert-OH is 2. The molecule has 4 bridgehead atoms. The lowest BCUT2D eigenvalue weighted by atomic mass is 9.43. The van der Waals surface area contributed by atoms with Crippen molar-refractivity contribution in [2.45, 2.75) is 95.3 Å². The van der Waals surface area contributed by atoms with Crippen LogP contribution in [0.2, 0.25) is 5.28 Å². The summed E-state index contributed by atoms with van der Waals surface area (Å²) in [6, 6.07) is 0. The van der Waals surface area contributed by atoms with Gasteiger partial charge in [-0.3, -0.25) is 9.13 Å². The fourth-order valence-electron chi connectivity index (χ4n) is 8.70. The Labute approximate surface area is 220 Å². The molecule has 5 fully saturated rings. The molecule has 2 aromatic rings. The molecule has 2 unspecified atom stereocenters. The summed E-state index contributed by atoms with van der Waals surface area (Å²) in [6.45, 7) is 4.81. The summed E-state index contributed by atoms with van der Waals surface area (Å²) in [4.78, 5) is 31.7. The van der Waals surface area contributed by atoms with Crippen LogP contribution in [0.15, 0.2) is 6.33 Å². The van der Waals surface area contributed by atoms with Gasteiger partial charge in [-0.15, -0.1) is 0 Å². The third-order valence-electron chi connectivity index (χ3n) is 8.95. The first-order chi connectivity index (χ1) is 17.3. The number of nitrogens with one attached hydrogen (secondary N) is 1. The van der Waals surface area contributed by atoms with Gasteiger partial charge < -0.3 is 30.1 Å². The fourth-order valence-corrected chi connectivity index (χ4v) is 9.46. The molecule has 37 heavy (non-hydrogen) atoms. The van der Waals surface area contributed by atoms with Crippen molar-refractivity contribution in [3.8, 4) is 0 Å². The van der Waals surface area contributed by atoms with Crippen LogP contribution in [-0.2, 0) is 9.30 Å². The molecule has 4 saturated carbocycles. The maximum atomic E-state index is 11.2. The Morgan fingerprint density at radius 1 is 1.14 bits per heavy atom. The Bertz CT molecular complexity index is 1250. The Hall–Kier alpha value is -1.33. The van der Waals surface area contributed by atoms with E-state index in [2.05, 4.69) is 34.1 Å². The zero-order valence-electron chi connectivity index (χ0n) is 21.0. The lowest BCUT2D eigenvalue weighted by Gasteiger charge is -2.65. The molecule has 1 saturated heterocycles. The molecule has 13 heteroatoms. The topological polar surface area (TPSA) is 163 Å². The molecule has 1 aliphatic heterocycles. The molecule has 0 radical (unpaired) electrons. The van der Waals surface area contributed by atoms with E-state index in [1.54, 1.807) is 4.57 Å². The third-order valence-corrected chi connectivity index (χ3v) is 10.0. The van der Waals surface area contributed by atoms with Crippen LogP contribution in [0.25, 0.3) is 11.2 Å². The third kappa shape index (κ3) is 4.71. The van der Waals surface area contributed by atoms with Crippen LogP contribution in [0.1, 0.15) is 71.4 Å². The maximum Gasteiger partial charge on any atom is 0.325 e. The Kier molecular flexibility index (Phi) is 6.01. The Balaban J connectivity index is 1.27. The predicted octanol–water partition coefficient (Wildman–Crippen LogP) is 3.22. The van der Waals surface area contributed by atoms with E-state index < -0.39 is 32.1 Å². The van der Waals surface area contributed by atoms with E-state index in [9.17, 15) is 14.8 Å². The lowest BCUT2D eigenvalue weighted by molar-refractivity contribution is -0.0973. The van der Waals surface area contributed by atoms with Crippen LogP contribution >= 0.6 is 19.2 Å². The predicted molar refractivity (Wildman–Crippen MR) is 136 cm³/mol. The van der Waals surface area contributed by atoms with Crippen molar-refractivity contribution in [2.75, 3.05) is 11.5 Å². The Morgan fingerprint density at radius 3 is 2.49 bits per heavy atom. The number of aliphatic hydroxyl groups is 2. The SMILES string of the molecule is C[C@]12C[C@@H]3C[C@](C)(C1)C[C@@](Nc1nc(Cl)nc4c1ncn4[C@@H]1O[C@H](CCCP(=O)(O)O)C(O)C1O)(C3)C2. The number of aromatic nitrogens is 4. The first-order valence-corrected chi connectivity index (χ1v) is 15.2. The zero-order valence-corrected chi connectivity index (χ0v) is 22.7. The van der Waals surface area contributed by atoms with Gasteiger partial charge in [0.25, 0.3) is 0 Å². The number of nitrogens with zero attached hydrogens (tertiary/aromatic N) is 4. The minimum atomic E-state index is -4.15. The molecule has 11 nitrogen and oxygen atoms in total. The lowest BCUT2D eigenvalue weighted by Crippen LogP contribution is -2.61. The van der Waals surface area contributed by atoms with Gasteiger partial charge in [0.2, 0.25) is 5.28 Å². The zero-order chi connectivity index (χ0) is 26.4. The molecule has 7 rings (SSSR count). The van der Waals surface area contributed by atoms with Crippen LogP contribution < -0.4 is 5.32 Å². The second kappa shape index (κ2) is 8.58. The average molecular weight is 556 g/mol. The molecule has 0 spiro atoms. The van der Waals surface area contributed by atoms with Crippen molar-refractivity contribution in [3.05, 3.63) is 11.6 Å². The minimum Gasteiger partial charge on any atom is -0.388 e. The van der Waals surface area contributed by atoms with Crippen LogP contribution in [0.4, 0.5) is 5.82 Å². The first-order valence-electron chi connectivity index (χ1n) is 13.0. The molecule has 8 atom stereocenters. The number of halogens is 1. The summed E-state index contributed by atoms with van der Waals surface area (Å²) in [5.41, 5.74) is 1.44. The van der Waals surface area contributed by atoms with Crippen molar-refractivity contribution in [1.82, 2.24) is 19.5 Å². The van der Waals surface area contributed by atoms with E-state index in [1.165, 1.54) is 25.6 Å². The number of fused-ring (bicyclic) bond motifs is 1. The summed E-state index contributed by atoms with van der Waals surface area (Å²) in [5.74, 6) is 1.25. The van der Waals surface area contributed by atoms with Crippen LogP contribution in [0.3, 0.4) is 0 Å². The molecule has 0 aromatic carbocycles. The van der Waals surface area contributed by atoms with Gasteiger partial charge in [0.1, 0.15) is 12.2 Å². The second-order valence-electron chi connectivity index (χ2n) is 12.8. The molecule has 0 amide bonds. The smallest absolute Gasteiger partial charge is 0.325 e. The monoisotopic (exact) mass is 555 g/mol. The fraction of sp³-hybridized carbons (Fsp3) is 0.792. The quantitative estimate of drug-likeness (QED) is 0.253. The highest BCUT2D eigenvalue weighted by molar-refractivity contribution is 7.51. The summed E-state index contributed by atoms with van der Waals surface area (Å²) < 4.78 is 18.7. The number of imidazole rings is 1. The van der Waals surface area contributed by atoms with Crippen molar-refractivity contribution < 1.29 is 29.3 Å². The van der Waals surface area contributed by atoms with Crippen LogP contribution in [0.5, 0.6) is 0 Å². The normalized spacial score (nSPS) is 41.1. The van der Waals surface area contributed by atoms with E-state index in [0.29, 0.717) is 33.7 Å². The van der Waals surface area contributed by atoms with Gasteiger partial charge in [-0.25, -0.2) is 4.98 Å². The maximum absolute atomic E-state index is 11.2. The first kappa shape index (κ1) is 25.9. The second-order valence-corrected chi connectivity index (χ2v) is 14.9. The highest BCUT2D eigenvalue weighted by atomic mass is 35.5. The van der Waals surface area contributed by atoms with Gasteiger partial charge in [-0.05, 0) is 79.7 Å². The van der Waals surface area contributed by atoms with Gasteiger partial charge in [0.05, 0.1) is 12.4 Å². The molecule has 5 aliphatic rings. The molecule has 2 aromatic heterocycles. The number of rotatable bonds is 7. The summed E-state index contributed by atoms with van der Waals surface area (Å²) >= 11 is 6.38. The van der Waals surface area contributed by atoms with Gasteiger partial charge in [-0.1, -0.05) is 13.8 Å². The van der Waals surface area contributed by atoms with Gasteiger partial charge in [0, 0.05) is 11.7 Å². The number of anilines is 1. The standard InChI is InChI=1S/C24H35ClN5O6P/c1-22-6-13-7-23(2,9-22)11-24(8-13,10-22)29-18-15-19(28-21(25)27-18)30(12-26-15)20-17(32)16(31)14(36-20)4-3-5-37(33,34)35/h12-14,16-17,20,31-32H,3-11H2,1-2H3,(H,27,28,29)(H2,33,34,35)/t13-,14-,16?,17?,20-,22+,23-,24-/m1/s1. The van der Waals surface area contributed by atoms with Crippen molar-refractivity contribution in [3.63, 3.8) is 0 Å². The van der Waals surface area contributed by atoms with Gasteiger partial charge in [-0.2, -0.15) is 9.97 Å². The van der Waals surface area contributed by atoms with Crippen molar-refractivity contribution in [1.29, 1.82) is 0 Å². The largest absolute Gasteiger partial charge is 0.388 e. The number of hydrogen-bond donors (Lipinski definition) is 5. The van der Waals surface area contributed by atoms with E-state index >= 15 is 0 Å². The summed E-state index contributed by atoms with van der Waals surface area (Å²) in [7, 11) is -4.15. The molecular weight excluding hydrogens is 521 g/mol. The minimum absolute atomic E-state index is 0.0464. The average Bonchev–Trinajstić information content (AvgIpc) is 3.26. The van der Waals surface area contributed by atoms with E-state index in [0.717, 1.165) is 19.3 Å². The number of hydrogen-bond acceptors (Lipinski definition) is 8. The van der Waals surface area contributed by atoms with E-state index in [4.69, 9.17) is 26.1 Å². The van der Waals surface area contributed by atoms with E-state index in [-0.39, 0.29) is 29.8 Å². The highest BCUT2D eigenvalue weighted by Gasteiger charge is 2.60. The molecular formula is C24H35ClN5O6P. The van der Waals surface area contributed by atoms with Crippen molar-refractivity contribution >= 4 is 36.2 Å². The molecule has 3 heterocycles. The van der Waals surface area contributed by atoms with Gasteiger partial charge >= 0.3 is 7.60 Å². The molecule has 204 valence electrons. The molecule has 5 N–H and O–H groups in total. The van der Waals surface area contributed by atoms with Crippen LogP contribution in [-0.4, -0.2) is 69.5 Å².